The van der Waals surface area contributed by atoms with Crippen LogP contribution in [0, 0.1) is 0 Å². The first-order valence-electron chi connectivity index (χ1n) is 6.31. The largest absolute Gasteiger partial charge is 0.351 e. The van der Waals surface area contributed by atoms with Crippen molar-refractivity contribution in [1.82, 2.24) is 10.3 Å². The Labute approximate surface area is 126 Å². The van der Waals surface area contributed by atoms with Gasteiger partial charge in [0.1, 0.15) is 5.82 Å². The van der Waals surface area contributed by atoms with E-state index in [1.54, 1.807) is 11.3 Å². The van der Waals surface area contributed by atoms with Crippen molar-refractivity contribution >= 4 is 33.1 Å². The van der Waals surface area contributed by atoms with Crippen molar-refractivity contribution in [2.75, 3.05) is 18.5 Å². The molecule has 2 rings (SSSR count). The summed E-state index contributed by atoms with van der Waals surface area (Å²) >= 11 is 5.28. The average Bonchev–Trinajstić information content (AvgIpc) is 2.90. The molecule has 0 fully saturated rings. The normalized spacial score (nSPS) is 10.7. The Bertz CT molecular complexity index is 513. The van der Waals surface area contributed by atoms with Gasteiger partial charge in [-0.25, -0.2) is 4.98 Å². The number of hydrogen-bond donors (Lipinski definition) is 1. The van der Waals surface area contributed by atoms with Crippen LogP contribution >= 0.6 is 27.3 Å². The molecule has 0 aliphatic rings. The molecule has 102 valence electrons. The van der Waals surface area contributed by atoms with Crippen LogP contribution in [0.4, 0.5) is 5.82 Å². The van der Waals surface area contributed by atoms with Crippen LogP contribution in [0.15, 0.2) is 34.2 Å². The zero-order chi connectivity index (χ0) is 13.7. The summed E-state index contributed by atoms with van der Waals surface area (Å²) in [7, 11) is 1.96. The lowest BCUT2D eigenvalue weighted by Gasteiger charge is -2.24. The minimum Gasteiger partial charge on any atom is -0.351 e. The summed E-state index contributed by atoms with van der Waals surface area (Å²) in [4.78, 5) is 8.27. The van der Waals surface area contributed by atoms with E-state index in [-0.39, 0.29) is 0 Å². The van der Waals surface area contributed by atoms with Gasteiger partial charge in [0.25, 0.3) is 0 Å². The van der Waals surface area contributed by atoms with E-state index in [9.17, 15) is 0 Å². The standard InChI is InChI=1S/C14H18BrN3S/c1-3-18(10-13-5-4-6-19-13)14-11(8-16-2)7-12(15)9-17-14/h4-7,9,16H,3,8,10H2,1-2H3. The van der Waals surface area contributed by atoms with E-state index in [4.69, 9.17) is 0 Å². The zero-order valence-electron chi connectivity index (χ0n) is 11.2. The summed E-state index contributed by atoms with van der Waals surface area (Å²) in [5.41, 5.74) is 1.22. The summed E-state index contributed by atoms with van der Waals surface area (Å²) in [6, 6.07) is 6.40. The molecule has 3 nitrogen and oxygen atoms in total. The van der Waals surface area contributed by atoms with Crippen molar-refractivity contribution in [1.29, 1.82) is 0 Å². The lowest BCUT2D eigenvalue weighted by Crippen LogP contribution is -2.25. The van der Waals surface area contributed by atoms with Crippen LogP contribution in [-0.2, 0) is 13.1 Å². The minimum atomic E-state index is 0.822. The first-order valence-corrected chi connectivity index (χ1v) is 7.98. The second kappa shape index (κ2) is 7.03. The third-order valence-corrected chi connectivity index (χ3v) is 4.18. The van der Waals surface area contributed by atoms with Crippen LogP contribution in [0.1, 0.15) is 17.4 Å². The number of hydrogen-bond acceptors (Lipinski definition) is 4. The van der Waals surface area contributed by atoms with Gasteiger partial charge in [0.2, 0.25) is 0 Å². The zero-order valence-corrected chi connectivity index (χ0v) is 13.6. The van der Waals surface area contributed by atoms with Crippen molar-refractivity contribution in [3.05, 3.63) is 44.7 Å². The summed E-state index contributed by atoms with van der Waals surface area (Å²) in [5, 5.41) is 5.32. The van der Waals surface area contributed by atoms with Gasteiger partial charge < -0.3 is 10.2 Å². The molecule has 0 bridgehead atoms. The smallest absolute Gasteiger partial charge is 0.133 e. The average molecular weight is 340 g/mol. The maximum Gasteiger partial charge on any atom is 0.133 e. The van der Waals surface area contributed by atoms with Crippen LogP contribution in [0.5, 0.6) is 0 Å². The highest BCUT2D eigenvalue weighted by Crippen LogP contribution is 2.24. The monoisotopic (exact) mass is 339 g/mol. The maximum atomic E-state index is 4.59. The Hall–Kier alpha value is -0.910. The Morgan fingerprint density at radius 1 is 1.47 bits per heavy atom. The highest BCUT2D eigenvalue weighted by atomic mass is 79.9. The highest BCUT2D eigenvalue weighted by molar-refractivity contribution is 9.10. The van der Waals surface area contributed by atoms with Gasteiger partial charge in [-0.2, -0.15) is 0 Å². The van der Waals surface area contributed by atoms with Gasteiger partial charge in [-0.1, -0.05) is 6.07 Å². The molecule has 0 aliphatic carbocycles. The molecule has 0 aliphatic heterocycles. The number of halogens is 1. The van der Waals surface area contributed by atoms with Crippen molar-refractivity contribution in [3.8, 4) is 0 Å². The lowest BCUT2D eigenvalue weighted by molar-refractivity contribution is 0.773. The fraction of sp³-hybridized carbons (Fsp3) is 0.357. The molecule has 0 spiro atoms. The van der Waals surface area contributed by atoms with Gasteiger partial charge in [-0.3, -0.25) is 0 Å². The molecular formula is C14H18BrN3S. The minimum absolute atomic E-state index is 0.822. The SMILES string of the molecule is CCN(Cc1cccs1)c1ncc(Br)cc1CNC. The number of rotatable bonds is 6. The number of thiophene rings is 1. The van der Waals surface area contributed by atoms with Gasteiger partial charge in [-0.05, 0) is 47.4 Å². The van der Waals surface area contributed by atoms with Gasteiger partial charge >= 0.3 is 0 Å². The molecule has 0 amide bonds. The molecule has 2 heterocycles. The first-order chi connectivity index (χ1) is 9.24. The summed E-state index contributed by atoms with van der Waals surface area (Å²) < 4.78 is 1.02. The third-order valence-electron chi connectivity index (χ3n) is 2.88. The number of anilines is 1. The van der Waals surface area contributed by atoms with Crippen LogP contribution in [0.2, 0.25) is 0 Å². The Kier molecular flexibility index (Phi) is 5.36. The quantitative estimate of drug-likeness (QED) is 0.870. The molecular weight excluding hydrogens is 322 g/mol. The molecule has 2 aromatic rings. The van der Waals surface area contributed by atoms with Crippen LogP contribution in [0.25, 0.3) is 0 Å². The molecule has 0 unspecified atom stereocenters. The molecule has 0 saturated carbocycles. The fourth-order valence-corrected chi connectivity index (χ4v) is 3.10. The van der Waals surface area contributed by atoms with Gasteiger partial charge in [0.15, 0.2) is 0 Å². The van der Waals surface area contributed by atoms with E-state index in [1.807, 2.05) is 13.2 Å². The van der Waals surface area contributed by atoms with E-state index in [2.05, 4.69) is 61.6 Å². The second-order valence-corrected chi connectivity index (χ2v) is 6.21. The molecule has 0 saturated heterocycles. The lowest BCUT2D eigenvalue weighted by atomic mass is 10.2. The van der Waals surface area contributed by atoms with E-state index < -0.39 is 0 Å². The molecule has 1 N–H and O–H groups in total. The van der Waals surface area contributed by atoms with Gasteiger partial charge in [0.05, 0.1) is 6.54 Å². The first kappa shape index (κ1) is 14.5. The summed E-state index contributed by atoms with van der Waals surface area (Å²) in [6.07, 6.45) is 1.87. The van der Waals surface area contributed by atoms with Crippen molar-refractivity contribution in [3.63, 3.8) is 0 Å². The van der Waals surface area contributed by atoms with Crippen LogP contribution in [-0.4, -0.2) is 18.6 Å². The van der Waals surface area contributed by atoms with E-state index in [0.717, 1.165) is 29.9 Å². The number of nitrogens with zero attached hydrogens (tertiary/aromatic N) is 2. The van der Waals surface area contributed by atoms with Crippen molar-refractivity contribution in [2.24, 2.45) is 0 Å². The summed E-state index contributed by atoms with van der Waals surface area (Å²) in [6.45, 7) is 4.85. The molecule has 0 atom stereocenters. The molecule has 19 heavy (non-hydrogen) atoms. The Balaban J connectivity index is 2.26. The van der Waals surface area contributed by atoms with Gasteiger partial charge in [-0.15, -0.1) is 11.3 Å². The third kappa shape index (κ3) is 3.78. The van der Waals surface area contributed by atoms with Crippen LogP contribution in [0.3, 0.4) is 0 Å². The topological polar surface area (TPSA) is 28.2 Å². The molecule has 2 aromatic heterocycles. The Morgan fingerprint density at radius 3 is 2.95 bits per heavy atom. The molecule has 0 aromatic carbocycles. The second-order valence-electron chi connectivity index (χ2n) is 4.26. The maximum absolute atomic E-state index is 4.59. The number of nitrogens with one attached hydrogen (secondary N) is 1. The molecule has 5 heteroatoms. The summed E-state index contributed by atoms with van der Waals surface area (Å²) in [5.74, 6) is 1.06. The predicted molar refractivity (Wildman–Crippen MR) is 85.7 cm³/mol. The number of pyridine rings is 1. The predicted octanol–water partition coefficient (Wildman–Crippen LogP) is 3.65. The Morgan fingerprint density at radius 2 is 2.32 bits per heavy atom. The van der Waals surface area contributed by atoms with Crippen molar-refractivity contribution < 1.29 is 0 Å². The highest BCUT2D eigenvalue weighted by Gasteiger charge is 2.12. The number of aromatic nitrogens is 1. The van der Waals surface area contributed by atoms with E-state index in [0.29, 0.717) is 0 Å². The van der Waals surface area contributed by atoms with E-state index >= 15 is 0 Å². The van der Waals surface area contributed by atoms with Crippen molar-refractivity contribution in [2.45, 2.75) is 20.0 Å². The van der Waals surface area contributed by atoms with E-state index in [1.165, 1.54) is 10.4 Å². The van der Waals surface area contributed by atoms with Crippen LogP contribution < -0.4 is 10.2 Å². The fourth-order valence-electron chi connectivity index (χ4n) is 2.01. The van der Waals surface area contributed by atoms with Gasteiger partial charge in [0, 0.05) is 34.2 Å². The molecule has 0 radical (unpaired) electrons.